The SMILES string of the molecule is Nc1cc(S(=O)(=O)NC2C=CS(=O)(=O)C2)c(Cl)cc1F. The van der Waals surface area contributed by atoms with Crippen LogP contribution in [0.3, 0.4) is 0 Å². The molecule has 1 aromatic carbocycles. The Kier molecular flexibility index (Phi) is 3.80. The summed E-state index contributed by atoms with van der Waals surface area (Å²) >= 11 is 5.68. The molecule has 0 saturated heterocycles. The van der Waals surface area contributed by atoms with Crippen molar-refractivity contribution in [2.75, 3.05) is 11.5 Å². The van der Waals surface area contributed by atoms with Crippen LogP contribution in [0.25, 0.3) is 0 Å². The first-order chi connectivity index (χ1) is 9.11. The van der Waals surface area contributed by atoms with Crippen LogP contribution < -0.4 is 10.5 Å². The summed E-state index contributed by atoms with van der Waals surface area (Å²) in [5.41, 5.74) is 4.93. The fourth-order valence-corrected chi connectivity index (χ4v) is 4.74. The lowest BCUT2D eigenvalue weighted by Gasteiger charge is -2.12. The molecular formula is C10H10ClFN2O4S2. The fourth-order valence-electron chi connectivity index (χ4n) is 1.66. The number of hydrogen-bond donors (Lipinski definition) is 2. The van der Waals surface area contributed by atoms with Crippen LogP contribution in [-0.4, -0.2) is 28.6 Å². The van der Waals surface area contributed by atoms with E-state index in [1.54, 1.807) is 0 Å². The van der Waals surface area contributed by atoms with E-state index in [-0.39, 0.29) is 16.5 Å². The van der Waals surface area contributed by atoms with E-state index in [4.69, 9.17) is 17.3 Å². The van der Waals surface area contributed by atoms with Gasteiger partial charge in [-0.3, -0.25) is 0 Å². The summed E-state index contributed by atoms with van der Waals surface area (Å²) in [7, 11) is -7.51. The van der Waals surface area contributed by atoms with Gasteiger partial charge in [-0.25, -0.2) is 25.9 Å². The number of halogens is 2. The van der Waals surface area contributed by atoms with Gasteiger partial charge in [-0.1, -0.05) is 17.7 Å². The first kappa shape index (κ1) is 15.2. The van der Waals surface area contributed by atoms with Crippen molar-refractivity contribution in [2.24, 2.45) is 0 Å². The van der Waals surface area contributed by atoms with E-state index in [2.05, 4.69) is 4.72 Å². The Hall–Kier alpha value is -1.16. The van der Waals surface area contributed by atoms with Gasteiger partial charge in [0.15, 0.2) is 9.84 Å². The van der Waals surface area contributed by atoms with Gasteiger partial charge in [0.2, 0.25) is 10.0 Å². The summed E-state index contributed by atoms with van der Waals surface area (Å²) in [6.45, 7) is 0. The number of nitrogens with one attached hydrogen (secondary N) is 1. The second kappa shape index (κ2) is 4.99. The first-order valence-electron chi connectivity index (χ1n) is 5.28. The van der Waals surface area contributed by atoms with Crippen LogP contribution >= 0.6 is 11.6 Å². The average molecular weight is 341 g/mol. The zero-order valence-corrected chi connectivity index (χ0v) is 12.3. The maximum Gasteiger partial charge on any atom is 0.242 e. The van der Waals surface area contributed by atoms with Gasteiger partial charge >= 0.3 is 0 Å². The predicted molar refractivity (Wildman–Crippen MR) is 72.9 cm³/mol. The van der Waals surface area contributed by atoms with E-state index in [1.807, 2.05) is 0 Å². The molecule has 2 rings (SSSR count). The van der Waals surface area contributed by atoms with Gasteiger partial charge in [0.1, 0.15) is 10.7 Å². The Morgan fingerprint density at radius 1 is 1.40 bits per heavy atom. The molecule has 0 radical (unpaired) electrons. The standard InChI is InChI=1S/C10H10ClFN2O4S2/c11-7-3-8(12)9(13)4-10(7)20(17,18)14-6-1-2-19(15,16)5-6/h1-4,6,14H,5,13H2. The minimum absolute atomic E-state index is 0.339. The first-order valence-corrected chi connectivity index (χ1v) is 8.86. The molecule has 0 aliphatic carbocycles. The summed E-state index contributed by atoms with van der Waals surface area (Å²) < 4.78 is 61.9. The van der Waals surface area contributed by atoms with Crippen molar-refractivity contribution in [1.82, 2.24) is 4.72 Å². The summed E-state index contributed by atoms with van der Waals surface area (Å²) in [5.74, 6) is -1.21. The molecule has 1 heterocycles. The second-order valence-electron chi connectivity index (χ2n) is 4.19. The molecule has 1 unspecified atom stereocenters. The molecule has 3 N–H and O–H groups in total. The summed E-state index contributed by atoms with van der Waals surface area (Å²) in [6, 6.07) is 0.771. The normalized spacial score (nSPS) is 21.2. The lowest BCUT2D eigenvalue weighted by Crippen LogP contribution is -2.35. The monoisotopic (exact) mass is 340 g/mol. The number of sulfone groups is 1. The highest BCUT2D eigenvalue weighted by molar-refractivity contribution is 7.94. The molecule has 0 bridgehead atoms. The van der Waals surface area contributed by atoms with Gasteiger partial charge < -0.3 is 5.73 Å². The molecule has 20 heavy (non-hydrogen) atoms. The molecule has 0 amide bonds. The zero-order valence-electron chi connectivity index (χ0n) is 9.88. The Bertz CT molecular complexity index is 790. The quantitative estimate of drug-likeness (QED) is 0.786. The van der Waals surface area contributed by atoms with Crippen LogP contribution in [0, 0.1) is 5.82 Å². The van der Waals surface area contributed by atoms with Gasteiger partial charge in [0, 0.05) is 5.41 Å². The van der Waals surface area contributed by atoms with Crippen molar-refractivity contribution in [2.45, 2.75) is 10.9 Å². The molecule has 110 valence electrons. The highest BCUT2D eigenvalue weighted by atomic mass is 35.5. The number of hydrogen-bond acceptors (Lipinski definition) is 5. The van der Waals surface area contributed by atoms with Crippen molar-refractivity contribution in [3.8, 4) is 0 Å². The third kappa shape index (κ3) is 3.11. The molecule has 0 aromatic heterocycles. The molecule has 0 saturated carbocycles. The van der Waals surface area contributed by atoms with E-state index in [0.29, 0.717) is 0 Å². The summed E-state index contributed by atoms with van der Waals surface area (Å²) in [5, 5.41) is 0.593. The second-order valence-corrected chi connectivity index (χ2v) is 8.21. The van der Waals surface area contributed by atoms with Gasteiger partial charge in [-0.15, -0.1) is 0 Å². The smallest absolute Gasteiger partial charge is 0.242 e. The number of rotatable bonds is 3. The summed E-state index contributed by atoms with van der Waals surface area (Å²) in [4.78, 5) is -0.407. The van der Waals surface area contributed by atoms with Crippen LogP contribution in [0.15, 0.2) is 28.5 Å². The fraction of sp³-hybridized carbons (Fsp3) is 0.200. The van der Waals surface area contributed by atoms with Crippen molar-refractivity contribution >= 4 is 37.1 Å². The highest BCUT2D eigenvalue weighted by Crippen LogP contribution is 2.26. The third-order valence-corrected chi connectivity index (χ3v) is 5.93. The van der Waals surface area contributed by atoms with Crippen LogP contribution in [0.2, 0.25) is 5.02 Å². The lowest BCUT2D eigenvalue weighted by atomic mass is 10.3. The Balaban J connectivity index is 2.33. The van der Waals surface area contributed by atoms with Crippen LogP contribution in [0.1, 0.15) is 0 Å². The van der Waals surface area contributed by atoms with Crippen molar-refractivity contribution in [1.29, 1.82) is 0 Å². The number of nitrogen functional groups attached to an aromatic ring is 1. The predicted octanol–water partition coefficient (Wildman–Crippen LogP) is 0.650. The molecule has 10 heteroatoms. The molecule has 0 fully saturated rings. The molecule has 1 aromatic rings. The van der Waals surface area contributed by atoms with Crippen LogP contribution in [0.4, 0.5) is 10.1 Å². The molecule has 0 spiro atoms. The number of anilines is 1. The Morgan fingerprint density at radius 2 is 2.05 bits per heavy atom. The topological polar surface area (TPSA) is 106 Å². The number of benzene rings is 1. The largest absolute Gasteiger partial charge is 0.396 e. The van der Waals surface area contributed by atoms with E-state index < -0.39 is 36.6 Å². The van der Waals surface area contributed by atoms with Gasteiger partial charge in [0.05, 0.1) is 22.5 Å². The molecule has 1 aliphatic rings. The third-order valence-electron chi connectivity index (χ3n) is 2.58. The highest BCUT2D eigenvalue weighted by Gasteiger charge is 2.28. The van der Waals surface area contributed by atoms with Crippen molar-refractivity contribution < 1.29 is 21.2 Å². The van der Waals surface area contributed by atoms with E-state index in [9.17, 15) is 21.2 Å². The maximum atomic E-state index is 13.1. The van der Waals surface area contributed by atoms with Crippen molar-refractivity contribution in [3.63, 3.8) is 0 Å². The average Bonchev–Trinajstić information content (AvgIpc) is 2.62. The minimum Gasteiger partial charge on any atom is -0.396 e. The molecule has 1 atom stereocenters. The minimum atomic E-state index is -4.11. The van der Waals surface area contributed by atoms with E-state index >= 15 is 0 Å². The van der Waals surface area contributed by atoms with Gasteiger partial charge in [-0.05, 0) is 12.1 Å². The van der Waals surface area contributed by atoms with Gasteiger partial charge in [0.25, 0.3) is 0 Å². The van der Waals surface area contributed by atoms with E-state index in [0.717, 1.165) is 17.5 Å². The van der Waals surface area contributed by atoms with Gasteiger partial charge in [-0.2, -0.15) is 0 Å². The molecule has 6 nitrogen and oxygen atoms in total. The lowest BCUT2D eigenvalue weighted by molar-refractivity contribution is 0.574. The summed E-state index contributed by atoms with van der Waals surface area (Å²) in [6.07, 6.45) is 1.22. The van der Waals surface area contributed by atoms with Crippen LogP contribution in [0.5, 0.6) is 0 Å². The Morgan fingerprint density at radius 3 is 2.60 bits per heavy atom. The molecule has 1 aliphatic heterocycles. The Labute approximate surface area is 120 Å². The zero-order chi connectivity index (χ0) is 15.1. The molecular weight excluding hydrogens is 331 g/mol. The number of sulfonamides is 1. The maximum absolute atomic E-state index is 13.1. The van der Waals surface area contributed by atoms with Crippen molar-refractivity contribution in [3.05, 3.63) is 34.5 Å². The number of nitrogens with two attached hydrogens (primary N) is 1. The van der Waals surface area contributed by atoms with E-state index in [1.165, 1.54) is 6.08 Å². The van der Waals surface area contributed by atoms with Crippen LogP contribution in [-0.2, 0) is 19.9 Å².